The van der Waals surface area contributed by atoms with Crippen LogP contribution in [0, 0.1) is 0 Å². The van der Waals surface area contributed by atoms with E-state index in [1.165, 1.54) is 0 Å². The lowest BCUT2D eigenvalue weighted by molar-refractivity contribution is -0.129. The molecule has 1 fully saturated rings. The van der Waals surface area contributed by atoms with Gasteiger partial charge in [0.2, 0.25) is 5.91 Å². The number of likely N-dealkylation sites (tertiary alicyclic amines) is 1. The van der Waals surface area contributed by atoms with Crippen LogP contribution in [-0.2, 0) is 4.79 Å². The summed E-state index contributed by atoms with van der Waals surface area (Å²) >= 11 is 0. The molecule has 4 nitrogen and oxygen atoms in total. The minimum Gasteiger partial charge on any atom is -0.343 e. The van der Waals surface area contributed by atoms with Crippen LogP contribution in [-0.4, -0.2) is 28.9 Å². The quantitative estimate of drug-likeness (QED) is 0.770. The summed E-state index contributed by atoms with van der Waals surface area (Å²) in [5.74, 6) is 0.418. The third-order valence-corrected chi connectivity index (χ3v) is 3.23. The summed E-state index contributed by atoms with van der Waals surface area (Å²) in [5.41, 5.74) is 0.856. The van der Waals surface area contributed by atoms with E-state index >= 15 is 0 Å². The van der Waals surface area contributed by atoms with Gasteiger partial charge >= 0.3 is 0 Å². The minimum atomic E-state index is 0.00350. The molecule has 1 aromatic heterocycles. The van der Waals surface area contributed by atoms with E-state index in [1.54, 1.807) is 13.1 Å². The number of H-pyrrole nitrogens is 1. The van der Waals surface area contributed by atoms with E-state index < -0.39 is 0 Å². The van der Waals surface area contributed by atoms with Crippen LogP contribution in [0.3, 0.4) is 0 Å². The molecule has 1 aliphatic rings. The number of aromatic nitrogens is 1. The molecule has 0 unspecified atom stereocenters. The molecule has 2 heterocycles. The number of hydrogen-bond acceptors (Lipinski definition) is 2. The maximum atomic E-state index is 11.6. The number of aromatic amines is 1. The van der Waals surface area contributed by atoms with Crippen LogP contribution in [0.15, 0.2) is 23.1 Å². The lowest BCUT2D eigenvalue weighted by Gasteiger charge is -2.31. The molecule has 1 aromatic rings. The van der Waals surface area contributed by atoms with Crippen LogP contribution < -0.4 is 5.56 Å². The molecule has 0 aliphatic carbocycles. The normalized spacial score (nSPS) is 17.4. The number of carbonyl (C=O) groups excluding carboxylic acids is 1. The van der Waals surface area contributed by atoms with Gasteiger partial charge < -0.3 is 9.88 Å². The summed E-state index contributed by atoms with van der Waals surface area (Å²) in [7, 11) is 0. The molecule has 0 atom stereocenters. The van der Waals surface area contributed by atoms with Crippen molar-refractivity contribution < 1.29 is 4.79 Å². The van der Waals surface area contributed by atoms with Crippen LogP contribution in [0.5, 0.6) is 0 Å². The summed E-state index contributed by atoms with van der Waals surface area (Å²) in [6.07, 6.45) is 3.41. The van der Waals surface area contributed by atoms with Crippen LogP contribution in [0.4, 0.5) is 0 Å². The highest BCUT2D eigenvalue weighted by atomic mass is 16.2. The van der Waals surface area contributed by atoms with Crippen LogP contribution in [0.25, 0.3) is 0 Å². The van der Waals surface area contributed by atoms with Gasteiger partial charge in [-0.25, -0.2) is 0 Å². The van der Waals surface area contributed by atoms with Gasteiger partial charge in [0, 0.05) is 31.8 Å². The van der Waals surface area contributed by atoms with Crippen LogP contribution >= 0.6 is 0 Å². The number of nitrogens with one attached hydrogen (secondary N) is 1. The zero-order valence-corrected chi connectivity index (χ0v) is 9.40. The molecule has 1 saturated heterocycles. The van der Waals surface area contributed by atoms with Crippen molar-refractivity contribution in [1.29, 1.82) is 0 Å². The molecule has 16 heavy (non-hydrogen) atoms. The summed E-state index contributed by atoms with van der Waals surface area (Å²) in [6.45, 7) is 3.11. The smallest absolute Gasteiger partial charge is 0.251 e. The Kier molecular flexibility index (Phi) is 3.08. The zero-order valence-electron chi connectivity index (χ0n) is 9.40. The highest BCUT2D eigenvalue weighted by molar-refractivity contribution is 5.73. The van der Waals surface area contributed by atoms with Gasteiger partial charge in [0.1, 0.15) is 0 Å². The molecule has 0 spiro atoms. The van der Waals surface area contributed by atoms with Crippen molar-refractivity contribution >= 4 is 5.91 Å². The number of piperidine rings is 1. The van der Waals surface area contributed by atoms with Crippen molar-refractivity contribution in [2.75, 3.05) is 13.1 Å². The Morgan fingerprint density at radius 2 is 2.12 bits per heavy atom. The second kappa shape index (κ2) is 4.51. The fourth-order valence-electron chi connectivity index (χ4n) is 2.26. The van der Waals surface area contributed by atoms with Gasteiger partial charge in [-0.05, 0) is 24.8 Å². The molecule has 0 saturated carbocycles. The first-order chi connectivity index (χ1) is 7.68. The largest absolute Gasteiger partial charge is 0.343 e. The molecule has 1 aliphatic heterocycles. The lowest BCUT2D eigenvalue weighted by atomic mass is 9.90. The Bertz CT molecular complexity index is 431. The van der Waals surface area contributed by atoms with E-state index in [1.807, 2.05) is 17.0 Å². The second-order valence-electron chi connectivity index (χ2n) is 4.23. The molecular formula is C12H16N2O2. The van der Waals surface area contributed by atoms with E-state index in [2.05, 4.69) is 4.98 Å². The first-order valence-electron chi connectivity index (χ1n) is 5.61. The zero-order chi connectivity index (χ0) is 11.5. The molecule has 0 radical (unpaired) electrons. The van der Waals surface area contributed by atoms with Gasteiger partial charge in [-0.15, -0.1) is 0 Å². The summed E-state index contributed by atoms with van der Waals surface area (Å²) in [6, 6.07) is 3.74. The second-order valence-corrected chi connectivity index (χ2v) is 4.23. The van der Waals surface area contributed by atoms with E-state index in [-0.39, 0.29) is 11.5 Å². The topological polar surface area (TPSA) is 53.2 Å². The Balaban J connectivity index is 2.08. The number of nitrogens with zero attached hydrogens (tertiary/aromatic N) is 1. The average Bonchev–Trinajstić information content (AvgIpc) is 2.30. The summed E-state index contributed by atoms with van der Waals surface area (Å²) < 4.78 is 0. The fraction of sp³-hybridized carbons (Fsp3) is 0.500. The van der Waals surface area contributed by atoms with Gasteiger partial charge in [0.25, 0.3) is 5.56 Å². The Labute approximate surface area is 94.3 Å². The predicted molar refractivity (Wildman–Crippen MR) is 61.3 cm³/mol. The van der Waals surface area contributed by atoms with Gasteiger partial charge in [-0.1, -0.05) is 6.07 Å². The molecule has 1 N–H and O–H groups in total. The Morgan fingerprint density at radius 3 is 2.69 bits per heavy atom. The summed E-state index contributed by atoms with van der Waals surface area (Å²) in [5, 5.41) is 0. The maximum absolute atomic E-state index is 11.6. The number of amides is 1. The van der Waals surface area contributed by atoms with Gasteiger partial charge in [0.15, 0.2) is 0 Å². The highest BCUT2D eigenvalue weighted by Crippen LogP contribution is 2.25. The maximum Gasteiger partial charge on any atom is 0.251 e. The van der Waals surface area contributed by atoms with Crippen molar-refractivity contribution in [3.8, 4) is 0 Å². The van der Waals surface area contributed by atoms with Crippen molar-refractivity contribution in [3.05, 3.63) is 34.2 Å². The predicted octanol–water partition coefficient (Wildman–Crippen LogP) is 1.10. The van der Waals surface area contributed by atoms with Crippen molar-refractivity contribution in [2.24, 2.45) is 0 Å². The minimum absolute atomic E-state index is 0.00350. The molecule has 4 heteroatoms. The first-order valence-corrected chi connectivity index (χ1v) is 5.61. The molecule has 0 bridgehead atoms. The molecule has 86 valence electrons. The van der Waals surface area contributed by atoms with E-state index in [9.17, 15) is 9.59 Å². The monoisotopic (exact) mass is 220 g/mol. The fourth-order valence-corrected chi connectivity index (χ4v) is 2.26. The number of rotatable bonds is 1. The van der Waals surface area contributed by atoms with Crippen molar-refractivity contribution in [2.45, 2.75) is 25.7 Å². The van der Waals surface area contributed by atoms with Gasteiger partial charge in [0.05, 0.1) is 0 Å². The number of carbonyl (C=O) groups is 1. The first kappa shape index (κ1) is 10.9. The third kappa shape index (κ3) is 2.15. The van der Waals surface area contributed by atoms with Crippen molar-refractivity contribution in [3.63, 3.8) is 0 Å². The SMILES string of the molecule is CC(=O)N1CCC(c2ccc[nH]c2=O)CC1. The van der Waals surface area contributed by atoms with Crippen LogP contribution in [0.2, 0.25) is 0 Å². The summed E-state index contributed by atoms with van der Waals surface area (Å²) in [4.78, 5) is 27.3. The van der Waals surface area contributed by atoms with Crippen molar-refractivity contribution in [1.82, 2.24) is 9.88 Å². The lowest BCUT2D eigenvalue weighted by Crippen LogP contribution is -2.37. The number of hydrogen-bond donors (Lipinski definition) is 1. The molecule has 1 amide bonds. The Morgan fingerprint density at radius 1 is 1.44 bits per heavy atom. The molecule has 0 aromatic carbocycles. The van der Waals surface area contributed by atoms with E-state index in [0.29, 0.717) is 5.92 Å². The molecular weight excluding hydrogens is 204 g/mol. The third-order valence-electron chi connectivity index (χ3n) is 3.23. The highest BCUT2D eigenvalue weighted by Gasteiger charge is 2.23. The van der Waals surface area contributed by atoms with Crippen LogP contribution in [0.1, 0.15) is 31.2 Å². The number of pyridine rings is 1. The standard InChI is InChI=1S/C12H16N2O2/c1-9(15)14-7-4-10(5-8-14)11-3-2-6-13-12(11)16/h2-3,6,10H,4-5,7-8H2,1H3,(H,13,16). The van der Waals surface area contributed by atoms with E-state index in [0.717, 1.165) is 31.5 Å². The van der Waals surface area contributed by atoms with E-state index in [4.69, 9.17) is 0 Å². The van der Waals surface area contributed by atoms with Gasteiger partial charge in [-0.2, -0.15) is 0 Å². The molecule has 2 rings (SSSR count). The van der Waals surface area contributed by atoms with Gasteiger partial charge in [-0.3, -0.25) is 9.59 Å². The Hall–Kier alpha value is -1.58. The average molecular weight is 220 g/mol.